The number of anilines is 1. The van der Waals surface area contributed by atoms with Gasteiger partial charge in [-0.2, -0.15) is 0 Å². The van der Waals surface area contributed by atoms with Crippen molar-refractivity contribution in [2.24, 2.45) is 5.73 Å². The number of nitrogens with two attached hydrogens (primary N) is 1. The summed E-state index contributed by atoms with van der Waals surface area (Å²) >= 11 is 0. The van der Waals surface area contributed by atoms with Gasteiger partial charge >= 0.3 is 0 Å². The minimum absolute atomic E-state index is 0.0452. The molecule has 1 aromatic carbocycles. The molecule has 0 spiro atoms. The van der Waals surface area contributed by atoms with Gasteiger partial charge in [0.15, 0.2) is 5.78 Å². The number of hydrogen-bond acceptors (Lipinski definition) is 11. The number of benzene rings is 1. The molecule has 43 heavy (non-hydrogen) atoms. The number of Topliss-reactive ketones (excluding diaryl/α,β-unsaturated/α-hetero) is 1. The SMILES string of the molecule is CCC1CN(C)C2=C(N[C@@](N)(Nc3cc4c(cc3OC)C(C(=O)CN3CCC[C@@H]3CO)NCC4)NC2=O)N1C1CCCC1. The fourth-order valence-corrected chi connectivity index (χ4v) is 7.85. The van der Waals surface area contributed by atoms with Gasteiger partial charge in [-0.25, -0.2) is 0 Å². The zero-order valence-corrected chi connectivity index (χ0v) is 25.7. The van der Waals surface area contributed by atoms with Gasteiger partial charge in [0.05, 0.1) is 32.0 Å². The third-order valence-electron chi connectivity index (χ3n) is 10.0. The lowest BCUT2D eigenvalue weighted by Gasteiger charge is -2.52. The summed E-state index contributed by atoms with van der Waals surface area (Å²) in [5.74, 6) is -0.281. The maximum atomic E-state index is 13.6. The van der Waals surface area contributed by atoms with Crippen LogP contribution in [0.25, 0.3) is 0 Å². The van der Waals surface area contributed by atoms with Gasteiger partial charge in [-0.15, -0.1) is 0 Å². The Hall–Kier alpha value is -3.06. The number of aliphatic hydroxyl groups is 1. The van der Waals surface area contributed by atoms with E-state index in [0.717, 1.165) is 68.6 Å². The van der Waals surface area contributed by atoms with Gasteiger partial charge in [-0.1, -0.05) is 19.8 Å². The summed E-state index contributed by atoms with van der Waals surface area (Å²) < 4.78 is 5.81. The molecule has 1 aromatic rings. The molecule has 0 radical (unpaired) electrons. The number of likely N-dealkylation sites (tertiary alicyclic amines) is 1. The van der Waals surface area contributed by atoms with Crippen molar-refractivity contribution in [1.29, 1.82) is 0 Å². The zero-order chi connectivity index (χ0) is 30.3. The number of rotatable bonds is 9. The molecule has 0 aromatic heterocycles. The van der Waals surface area contributed by atoms with Crippen LogP contribution in [0.2, 0.25) is 0 Å². The lowest BCUT2D eigenvalue weighted by molar-refractivity contribution is -0.124. The van der Waals surface area contributed by atoms with E-state index in [9.17, 15) is 14.7 Å². The van der Waals surface area contributed by atoms with Gasteiger partial charge in [-0.05, 0) is 68.3 Å². The molecule has 4 heterocycles. The molecular formula is C31H48N8O4. The van der Waals surface area contributed by atoms with Crippen LogP contribution in [0.4, 0.5) is 5.69 Å². The summed E-state index contributed by atoms with van der Waals surface area (Å²) in [7, 11) is 3.56. The Morgan fingerprint density at radius 2 is 1.98 bits per heavy atom. The largest absolute Gasteiger partial charge is 0.495 e. The van der Waals surface area contributed by atoms with Gasteiger partial charge in [-0.3, -0.25) is 25.5 Å². The molecular weight excluding hydrogens is 548 g/mol. The highest BCUT2D eigenvalue weighted by atomic mass is 16.5. The van der Waals surface area contributed by atoms with E-state index in [-0.39, 0.29) is 30.4 Å². The van der Waals surface area contributed by atoms with E-state index < -0.39 is 12.0 Å². The van der Waals surface area contributed by atoms with Crippen LogP contribution in [0.1, 0.15) is 69.0 Å². The molecule has 2 unspecified atom stereocenters. The van der Waals surface area contributed by atoms with Crippen molar-refractivity contribution >= 4 is 17.4 Å². The number of fused-ring (bicyclic) bond motifs is 1. The Morgan fingerprint density at radius 1 is 1.19 bits per heavy atom. The molecule has 4 atom stereocenters. The maximum absolute atomic E-state index is 13.6. The van der Waals surface area contributed by atoms with Crippen LogP contribution in [0.5, 0.6) is 5.75 Å². The fourth-order valence-electron chi connectivity index (χ4n) is 7.85. The van der Waals surface area contributed by atoms with Crippen molar-refractivity contribution in [3.05, 3.63) is 34.8 Å². The highest BCUT2D eigenvalue weighted by Crippen LogP contribution is 2.38. The number of nitrogens with one attached hydrogen (secondary N) is 4. The molecule has 1 amide bonds. The molecule has 12 nitrogen and oxygen atoms in total. The molecule has 1 saturated heterocycles. The van der Waals surface area contributed by atoms with Gasteiger partial charge in [0.25, 0.3) is 5.91 Å². The van der Waals surface area contributed by atoms with Crippen molar-refractivity contribution in [2.45, 2.75) is 88.4 Å². The van der Waals surface area contributed by atoms with Gasteiger partial charge in [0.2, 0.25) is 5.91 Å². The Bertz CT molecular complexity index is 1270. The van der Waals surface area contributed by atoms with E-state index in [1.807, 2.05) is 24.1 Å². The number of ketones is 1. The summed E-state index contributed by atoms with van der Waals surface area (Å²) in [6, 6.07) is 4.14. The minimum atomic E-state index is -1.46. The fraction of sp³-hybridized carbons (Fsp3) is 0.677. The first-order chi connectivity index (χ1) is 20.7. The molecule has 1 aliphatic carbocycles. The van der Waals surface area contributed by atoms with Crippen LogP contribution in [-0.4, -0.2) is 102 Å². The first-order valence-electron chi connectivity index (χ1n) is 16.0. The van der Waals surface area contributed by atoms with Crippen LogP contribution in [0.3, 0.4) is 0 Å². The number of aliphatic hydroxyl groups excluding tert-OH is 1. The van der Waals surface area contributed by atoms with Crippen LogP contribution in [-0.2, 0) is 16.0 Å². The Balaban J connectivity index is 1.26. The summed E-state index contributed by atoms with van der Waals surface area (Å²) in [4.78, 5) is 33.6. The second kappa shape index (κ2) is 12.1. The van der Waals surface area contributed by atoms with E-state index in [2.05, 4.69) is 38.0 Å². The van der Waals surface area contributed by atoms with Crippen molar-refractivity contribution in [3.63, 3.8) is 0 Å². The van der Waals surface area contributed by atoms with Gasteiger partial charge in [0.1, 0.15) is 17.3 Å². The van der Waals surface area contributed by atoms with Gasteiger partial charge < -0.3 is 35.6 Å². The molecule has 1 saturated carbocycles. The highest BCUT2D eigenvalue weighted by Gasteiger charge is 2.46. The van der Waals surface area contributed by atoms with Crippen LogP contribution >= 0.6 is 0 Å². The quantitative estimate of drug-likeness (QED) is 0.225. The van der Waals surface area contributed by atoms with Gasteiger partial charge in [0, 0.05) is 38.3 Å². The lowest BCUT2D eigenvalue weighted by Crippen LogP contribution is -2.76. The number of amides is 1. The van der Waals surface area contributed by atoms with E-state index in [1.54, 1.807) is 7.11 Å². The normalized spacial score (nSPS) is 29.7. The predicted octanol–water partition coefficient (Wildman–Crippen LogP) is 0.747. The third-order valence-corrected chi connectivity index (χ3v) is 10.0. The number of carbonyl (C=O) groups is 2. The zero-order valence-electron chi connectivity index (χ0n) is 25.7. The average Bonchev–Trinajstić information content (AvgIpc) is 3.68. The summed E-state index contributed by atoms with van der Waals surface area (Å²) in [5.41, 5.74) is 10.1. The van der Waals surface area contributed by atoms with E-state index in [0.29, 0.717) is 36.3 Å². The Morgan fingerprint density at radius 3 is 2.70 bits per heavy atom. The summed E-state index contributed by atoms with van der Waals surface area (Å²) in [5, 5.41) is 22.9. The monoisotopic (exact) mass is 596 g/mol. The van der Waals surface area contributed by atoms with Crippen LogP contribution < -0.4 is 31.7 Å². The number of carbonyl (C=O) groups excluding carboxylic acids is 2. The molecule has 2 fully saturated rings. The van der Waals surface area contributed by atoms with Crippen molar-refractivity contribution in [3.8, 4) is 5.75 Å². The van der Waals surface area contributed by atoms with Crippen LogP contribution in [0.15, 0.2) is 23.7 Å². The highest BCUT2D eigenvalue weighted by molar-refractivity contribution is 5.95. The molecule has 6 rings (SSSR count). The minimum Gasteiger partial charge on any atom is -0.495 e. The number of ether oxygens (including phenoxy) is 1. The van der Waals surface area contributed by atoms with Crippen molar-refractivity contribution in [1.82, 2.24) is 30.7 Å². The van der Waals surface area contributed by atoms with E-state index in [4.69, 9.17) is 10.5 Å². The molecule has 7 N–H and O–H groups in total. The average molecular weight is 597 g/mol. The first kappa shape index (κ1) is 30.0. The standard InChI is InChI=1S/C31H48N8O4/c1-4-20-16-37(2)28-29(39(20)21-8-5-6-9-21)35-31(32,36-30(28)42)34-24-14-19-11-12-33-27(23(19)15-26(24)43-3)25(41)17-38-13-7-10-22(38)18-40/h14-15,20-22,27,33-35,40H,4-13,16-18,32H2,1-3H3,(H,36,42)/t20?,22-,27?,31-/m1/s1. The van der Waals surface area contributed by atoms with E-state index >= 15 is 0 Å². The predicted molar refractivity (Wildman–Crippen MR) is 164 cm³/mol. The van der Waals surface area contributed by atoms with Crippen molar-refractivity contribution < 1.29 is 19.4 Å². The lowest BCUT2D eigenvalue weighted by atomic mass is 9.90. The first-order valence-corrected chi connectivity index (χ1v) is 16.0. The maximum Gasteiger partial charge on any atom is 0.275 e. The second-order valence-electron chi connectivity index (χ2n) is 12.8. The Kier molecular flexibility index (Phi) is 8.47. The molecule has 5 aliphatic rings. The van der Waals surface area contributed by atoms with E-state index in [1.165, 1.54) is 12.8 Å². The smallest absolute Gasteiger partial charge is 0.275 e. The Labute approximate surface area is 254 Å². The number of nitrogens with zero attached hydrogens (tertiary/aromatic N) is 3. The molecule has 236 valence electrons. The number of methoxy groups -OCH3 is 1. The van der Waals surface area contributed by atoms with Crippen LogP contribution in [0, 0.1) is 0 Å². The van der Waals surface area contributed by atoms with Crippen molar-refractivity contribution in [2.75, 3.05) is 52.3 Å². The topological polar surface area (TPSA) is 147 Å². The molecule has 4 aliphatic heterocycles. The molecule has 12 heteroatoms. The summed E-state index contributed by atoms with van der Waals surface area (Å²) in [6.07, 6.45) is 8.22. The molecule has 0 bridgehead atoms. The third kappa shape index (κ3) is 5.65. The number of hydrogen-bond donors (Lipinski definition) is 6. The summed E-state index contributed by atoms with van der Waals surface area (Å²) in [6.45, 7) is 4.85. The second-order valence-corrected chi connectivity index (χ2v) is 12.8. The number of likely N-dealkylation sites (N-methyl/N-ethyl adjacent to an activating group) is 1.